The van der Waals surface area contributed by atoms with E-state index in [4.69, 9.17) is 33.1 Å². The van der Waals surface area contributed by atoms with E-state index in [1.807, 2.05) is 5.32 Å². The summed E-state index contributed by atoms with van der Waals surface area (Å²) in [7, 11) is 0. The van der Waals surface area contributed by atoms with Crippen LogP contribution in [0.15, 0.2) is 4.99 Å². The summed E-state index contributed by atoms with van der Waals surface area (Å²) in [5, 5.41) is 34.0. The summed E-state index contributed by atoms with van der Waals surface area (Å²) in [6.45, 7) is -0.310. The van der Waals surface area contributed by atoms with Gasteiger partial charge >= 0.3 is 11.9 Å². The van der Waals surface area contributed by atoms with Crippen LogP contribution in [0.5, 0.6) is 0 Å². The van der Waals surface area contributed by atoms with Crippen molar-refractivity contribution in [1.82, 2.24) is 16.0 Å². The normalized spacial score (nSPS) is 14.0. The first-order valence-electron chi connectivity index (χ1n) is 10.9. The lowest BCUT2D eigenvalue weighted by Gasteiger charge is -2.24. The summed E-state index contributed by atoms with van der Waals surface area (Å²) in [5.74, 6) is -5.76. The smallest absolute Gasteiger partial charge is 0.326 e. The van der Waals surface area contributed by atoms with E-state index < -0.39 is 66.9 Å². The number of unbranched alkanes of at least 4 members (excludes halogenated alkanes) is 1. The molecule has 0 aliphatic heterocycles. The molecular weight excluding hydrogens is 468 g/mol. The van der Waals surface area contributed by atoms with Gasteiger partial charge in [-0.05, 0) is 38.6 Å². The van der Waals surface area contributed by atoms with Gasteiger partial charge in [0.25, 0.3) is 0 Å². The highest BCUT2D eigenvalue weighted by molar-refractivity contribution is 5.94. The molecule has 16 heteroatoms. The molecular formula is C19H36N8O8. The molecule has 0 bridgehead atoms. The molecule has 16 nitrogen and oxygen atoms in total. The monoisotopic (exact) mass is 504 g/mol. The number of rotatable bonds is 18. The minimum atomic E-state index is -1.78. The quantitative estimate of drug-likeness (QED) is 0.0480. The molecule has 0 saturated carbocycles. The van der Waals surface area contributed by atoms with Crippen LogP contribution in [0.4, 0.5) is 0 Å². The van der Waals surface area contributed by atoms with Gasteiger partial charge in [-0.25, -0.2) is 4.79 Å². The molecule has 0 fully saturated rings. The zero-order valence-corrected chi connectivity index (χ0v) is 19.3. The molecule has 0 saturated heterocycles. The van der Waals surface area contributed by atoms with Crippen LogP contribution in [0, 0.1) is 0 Å². The number of aliphatic hydroxyl groups is 1. The SMILES string of the molecule is NCCCCC(NC(=O)C(N)CCCN=C(N)N)C(=O)NC(CO)C(=O)NC(CC(=O)O)C(=O)O. The molecule has 0 aromatic heterocycles. The Morgan fingerprint density at radius 3 is 1.89 bits per heavy atom. The molecule has 0 aromatic carbocycles. The van der Waals surface area contributed by atoms with E-state index in [1.54, 1.807) is 0 Å². The van der Waals surface area contributed by atoms with Gasteiger partial charge in [0.1, 0.15) is 18.1 Å². The number of nitrogens with zero attached hydrogens (tertiary/aromatic N) is 1. The van der Waals surface area contributed by atoms with E-state index in [9.17, 15) is 29.1 Å². The molecule has 0 aromatic rings. The van der Waals surface area contributed by atoms with Crippen LogP contribution in [0.3, 0.4) is 0 Å². The van der Waals surface area contributed by atoms with Gasteiger partial charge in [0.2, 0.25) is 17.7 Å². The Kier molecular flexibility index (Phi) is 15.3. The number of amides is 3. The molecule has 35 heavy (non-hydrogen) atoms. The van der Waals surface area contributed by atoms with Crippen molar-refractivity contribution in [1.29, 1.82) is 0 Å². The summed E-state index contributed by atoms with van der Waals surface area (Å²) in [5.41, 5.74) is 21.8. The highest BCUT2D eigenvalue weighted by atomic mass is 16.4. The maximum atomic E-state index is 12.8. The number of carbonyl (C=O) groups is 5. The second-order valence-electron chi connectivity index (χ2n) is 7.64. The number of carboxylic acid groups (broad SMARTS) is 2. The minimum absolute atomic E-state index is 0.0974. The topological polar surface area (TPSA) is 299 Å². The maximum absolute atomic E-state index is 12.8. The average Bonchev–Trinajstić information content (AvgIpc) is 2.78. The Morgan fingerprint density at radius 1 is 0.800 bits per heavy atom. The second-order valence-corrected chi connectivity index (χ2v) is 7.64. The van der Waals surface area contributed by atoms with E-state index in [1.165, 1.54) is 0 Å². The predicted octanol–water partition coefficient (Wildman–Crippen LogP) is -4.50. The van der Waals surface area contributed by atoms with Crippen molar-refractivity contribution in [3.8, 4) is 0 Å². The van der Waals surface area contributed by atoms with Gasteiger partial charge in [0, 0.05) is 6.54 Å². The third-order valence-corrected chi connectivity index (χ3v) is 4.69. The lowest BCUT2D eigenvalue weighted by atomic mass is 10.1. The molecule has 0 rings (SSSR count). The van der Waals surface area contributed by atoms with Crippen molar-refractivity contribution in [2.24, 2.45) is 27.9 Å². The Balaban J connectivity index is 5.20. The Labute approximate surface area is 201 Å². The summed E-state index contributed by atoms with van der Waals surface area (Å²) < 4.78 is 0. The largest absolute Gasteiger partial charge is 0.481 e. The number of carbonyl (C=O) groups excluding carboxylic acids is 3. The van der Waals surface area contributed by atoms with Gasteiger partial charge in [0.15, 0.2) is 5.96 Å². The van der Waals surface area contributed by atoms with Crippen molar-refractivity contribution in [2.75, 3.05) is 19.7 Å². The van der Waals surface area contributed by atoms with Crippen LogP contribution in [-0.2, 0) is 24.0 Å². The molecule has 3 amide bonds. The number of hydrogen-bond donors (Lipinski definition) is 10. The van der Waals surface area contributed by atoms with E-state index in [2.05, 4.69) is 15.6 Å². The number of aliphatic imine (C=N–C) groups is 1. The average molecular weight is 505 g/mol. The summed E-state index contributed by atoms with van der Waals surface area (Å²) in [6.07, 6.45) is 0.859. The number of guanidine groups is 1. The molecule has 0 spiro atoms. The third kappa shape index (κ3) is 13.7. The zero-order chi connectivity index (χ0) is 27.0. The van der Waals surface area contributed by atoms with Gasteiger partial charge in [-0.15, -0.1) is 0 Å². The standard InChI is InChI=1S/C19H36N8O8/c20-6-2-1-5-11(25-15(31)10(21)4-3-7-24-19(22)23)16(32)27-13(9-28)17(33)26-12(18(34)35)8-14(29)30/h10-13,28H,1-9,20-21H2,(H,25,31)(H,26,33)(H,27,32)(H,29,30)(H,34,35)(H4,22,23,24). The van der Waals surface area contributed by atoms with Crippen molar-refractivity contribution in [3.63, 3.8) is 0 Å². The number of aliphatic hydroxyl groups excluding tert-OH is 1. The highest BCUT2D eigenvalue weighted by Crippen LogP contribution is 2.04. The van der Waals surface area contributed by atoms with Crippen LogP contribution in [0.1, 0.15) is 38.5 Å². The van der Waals surface area contributed by atoms with Gasteiger partial charge in [0.05, 0.1) is 19.1 Å². The molecule has 0 aliphatic rings. The number of nitrogens with two attached hydrogens (primary N) is 4. The molecule has 4 unspecified atom stereocenters. The fourth-order valence-electron chi connectivity index (χ4n) is 2.80. The number of nitrogens with one attached hydrogen (secondary N) is 3. The van der Waals surface area contributed by atoms with Crippen LogP contribution >= 0.6 is 0 Å². The summed E-state index contributed by atoms with van der Waals surface area (Å²) in [4.78, 5) is 63.3. The van der Waals surface area contributed by atoms with Crippen LogP contribution in [-0.4, -0.2) is 94.8 Å². The minimum Gasteiger partial charge on any atom is -0.481 e. The van der Waals surface area contributed by atoms with E-state index >= 15 is 0 Å². The fourth-order valence-corrected chi connectivity index (χ4v) is 2.80. The first kappa shape index (κ1) is 31.5. The van der Waals surface area contributed by atoms with Gasteiger partial charge in [-0.2, -0.15) is 0 Å². The lowest BCUT2D eigenvalue weighted by molar-refractivity contribution is -0.147. The molecule has 4 atom stereocenters. The first-order chi connectivity index (χ1) is 16.4. The maximum Gasteiger partial charge on any atom is 0.326 e. The van der Waals surface area contributed by atoms with Gasteiger partial charge < -0.3 is 54.2 Å². The summed E-state index contributed by atoms with van der Waals surface area (Å²) in [6, 6.07) is -5.48. The van der Waals surface area contributed by atoms with Crippen molar-refractivity contribution in [2.45, 2.75) is 62.7 Å². The van der Waals surface area contributed by atoms with Crippen molar-refractivity contribution in [3.05, 3.63) is 0 Å². The van der Waals surface area contributed by atoms with Gasteiger partial charge in [-0.1, -0.05) is 0 Å². The number of hydrogen-bond acceptors (Lipinski definition) is 9. The first-order valence-corrected chi connectivity index (χ1v) is 10.9. The molecule has 0 radical (unpaired) electrons. The van der Waals surface area contributed by atoms with E-state index in [-0.39, 0.29) is 25.3 Å². The Bertz CT molecular complexity index is 759. The van der Waals surface area contributed by atoms with Crippen LogP contribution in [0.2, 0.25) is 0 Å². The van der Waals surface area contributed by atoms with Gasteiger partial charge in [-0.3, -0.25) is 24.2 Å². The van der Waals surface area contributed by atoms with E-state index in [0.29, 0.717) is 25.8 Å². The molecule has 14 N–H and O–H groups in total. The number of aliphatic carboxylic acids is 2. The Hall–Kier alpha value is -3.50. The highest BCUT2D eigenvalue weighted by Gasteiger charge is 2.30. The van der Waals surface area contributed by atoms with Crippen LogP contribution in [0.25, 0.3) is 0 Å². The van der Waals surface area contributed by atoms with Crippen LogP contribution < -0.4 is 38.9 Å². The fraction of sp³-hybridized carbons (Fsp3) is 0.684. The zero-order valence-electron chi connectivity index (χ0n) is 19.3. The van der Waals surface area contributed by atoms with E-state index in [0.717, 1.165) is 0 Å². The molecule has 0 heterocycles. The third-order valence-electron chi connectivity index (χ3n) is 4.69. The lowest BCUT2D eigenvalue weighted by Crippen LogP contribution is -2.58. The van der Waals surface area contributed by atoms with Crippen molar-refractivity contribution < 1.29 is 39.3 Å². The summed E-state index contributed by atoms with van der Waals surface area (Å²) >= 11 is 0. The van der Waals surface area contributed by atoms with Crippen molar-refractivity contribution >= 4 is 35.6 Å². The Morgan fingerprint density at radius 2 is 1.37 bits per heavy atom. The molecule has 0 aliphatic carbocycles. The number of carboxylic acids is 2. The second kappa shape index (κ2) is 17.0. The molecule has 200 valence electrons. The predicted molar refractivity (Wildman–Crippen MR) is 124 cm³/mol.